The second-order valence-electron chi connectivity index (χ2n) is 8.49. The van der Waals surface area contributed by atoms with Crippen molar-refractivity contribution < 1.29 is 18.4 Å². The number of benzene rings is 3. The summed E-state index contributed by atoms with van der Waals surface area (Å²) in [5.74, 6) is -1.41. The van der Waals surface area contributed by atoms with Gasteiger partial charge in [0.2, 0.25) is 16.1 Å². The molecule has 7 nitrogen and oxygen atoms in total. The van der Waals surface area contributed by atoms with Gasteiger partial charge in [-0.25, -0.2) is 8.42 Å². The molecule has 5 atom stereocenters. The van der Waals surface area contributed by atoms with Gasteiger partial charge in [-0.2, -0.15) is 4.31 Å². The molecule has 33 heavy (non-hydrogen) atoms. The first-order valence-corrected chi connectivity index (χ1v) is 12.2. The molecule has 0 aliphatic carbocycles. The molecule has 0 spiro atoms. The summed E-state index contributed by atoms with van der Waals surface area (Å²) in [6, 6.07) is 21.3. The average Bonchev–Trinajstić information content (AvgIpc) is 2.81. The highest BCUT2D eigenvalue weighted by molar-refractivity contribution is 7.89. The molecular weight excluding hydrogens is 440 g/mol. The summed E-state index contributed by atoms with van der Waals surface area (Å²) in [5.41, 5.74) is 2.04. The van der Waals surface area contributed by atoms with Gasteiger partial charge in [-0.05, 0) is 30.2 Å². The molecule has 172 valence electrons. The number of aryl methyl sites for hydroxylation is 1. The van der Waals surface area contributed by atoms with E-state index >= 15 is 0 Å². The highest BCUT2D eigenvalue weighted by atomic mass is 32.2. The standard InChI is InChI=1S/C25H26N2O5S/c1-17-13-15-21(16-14-17)33(31,32)26-23(20-11-7-4-8-12-20)24(27(29)30)22(18(2)25(26)28)19-9-5-3-6-10-19/h3-16,18,22-25,28H,1-2H3/t18-,22+,23-,24+,25?/m1/s1. The number of nitrogens with zero attached hydrogens (tertiary/aromatic N) is 2. The van der Waals surface area contributed by atoms with Crippen LogP contribution < -0.4 is 0 Å². The van der Waals surface area contributed by atoms with Gasteiger partial charge in [0, 0.05) is 10.8 Å². The second-order valence-corrected chi connectivity index (χ2v) is 10.3. The quantitative estimate of drug-likeness (QED) is 0.450. The van der Waals surface area contributed by atoms with Crippen molar-refractivity contribution in [3.05, 3.63) is 112 Å². The Balaban J connectivity index is 1.94. The van der Waals surface area contributed by atoms with E-state index in [0.29, 0.717) is 11.1 Å². The minimum Gasteiger partial charge on any atom is -0.377 e. The number of aliphatic hydroxyl groups excluding tert-OH is 1. The monoisotopic (exact) mass is 466 g/mol. The molecule has 8 heteroatoms. The normalized spacial score (nSPS) is 26.1. The van der Waals surface area contributed by atoms with Gasteiger partial charge in [0.1, 0.15) is 12.3 Å². The van der Waals surface area contributed by atoms with E-state index in [2.05, 4.69) is 0 Å². The van der Waals surface area contributed by atoms with Gasteiger partial charge in [-0.15, -0.1) is 0 Å². The molecule has 0 saturated carbocycles. The fourth-order valence-electron chi connectivity index (χ4n) is 4.78. The molecule has 1 fully saturated rings. The molecule has 3 aromatic carbocycles. The fraction of sp³-hybridized carbons (Fsp3) is 0.280. The van der Waals surface area contributed by atoms with Crippen LogP contribution in [0.15, 0.2) is 89.8 Å². The Labute approximate surface area is 193 Å². The summed E-state index contributed by atoms with van der Waals surface area (Å²) >= 11 is 0. The van der Waals surface area contributed by atoms with Gasteiger partial charge < -0.3 is 5.11 Å². The van der Waals surface area contributed by atoms with Crippen LogP contribution in [0, 0.1) is 23.0 Å². The Morgan fingerprint density at radius 2 is 1.39 bits per heavy atom. The molecule has 1 unspecified atom stereocenters. The van der Waals surface area contributed by atoms with Crippen LogP contribution in [0.1, 0.15) is 35.6 Å². The van der Waals surface area contributed by atoms with E-state index < -0.39 is 45.1 Å². The molecule has 1 heterocycles. The van der Waals surface area contributed by atoms with Crippen LogP contribution in [0.25, 0.3) is 0 Å². The maximum Gasteiger partial charge on any atom is 0.246 e. The topological polar surface area (TPSA) is 101 Å². The molecule has 0 amide bonds. The molecule has 4 rings (SSSR count). The summed E-state index contributed by atoms with van der Waals surface area (Å²) in [5, 5.41) is 23.9. The van der Waals surface area contributed by atoms with Gasteiger partial charge >= 0.3 is 0 Å². The second kappa shape index (κ2) is 9.05. The van der Waals surface area contributed by atoms with E-state index in [1.165, 1.54) is 12.1 Å². The third kappa shape index (κ3) is 4.17. The van der Waals surface area contributed by atoms with Gasteiger partial charge in [-0.1, -0.05) is 85.3 Å². The van der Waals surface area contributed by atoms with Crippen LogP contribution in [0.4, 0.5) is 0 Å². The van der Waals surface area contributed by atoms with Crippen LogP contribution in [-0.2, 0) is 10.0 Å². The summed E-state index contributed by atoms with van der Waals surface area (Å²) in [6.45, 7) is 3.51. The van der Waals surface area contributed by atoms with Crippen molar-refractivity contribution in [3.8, 4) is 0 Å². The van der Waals surface area contributed by atoms with Gasteiger partial charge in [0.25, 0.3) is 0 Å². The zero-order valence-corrected chi connectivity index (χ0v) is 19.2. The van der Waals surface area contributed by atoms with E-state index in [0.717, 1.165) is 9.87 Å². The number of hydrogen-bond donors (Lipinski definition) is 1. The third-order valence-electron chi connectivity index (χ3n) is 6.43. The van der Waals surface area contributed by atoms with Crippen molar-refractivity contribution in [2.75, 3.05) is 0 Å². The summed E-state index contributed by atoms with van der Waals surface area (Å²) in [4.78, 5) is 12.1. The molecule has 0 bridgehead atoms. The van der Waals surface area contributed by atoms with E-state index in [-0.39, 0.29) is 4.90 Å². The fourth-order valence-corrected chi connectivity index (χ4v) is 6.53. The SMILES string of the molecule is Cc1ccc(S(=O)(=O)N2C(O)[C@H](C)[C@@H](c3ccccc3)[C@H]([N+](=O)[O-])[C@H]2c2ccccc2)cc1. The van der Waals surface area contributed by atoms with Crippen molar-refractivity contribution in [3.63, 3.8) is 0 Å². The van der Waals surface area contributed by atoms with Gasteiger partial charge in [0.05, 0.1) is 10.8 Å². The number of piperidine rings is 1. The maximum atomic E-state index is 13.8. The smallest absolute Gasteiger partial charge is 0.246 e. The molecule has 1 aliphatic rings. The molecule has 1 N–H and O–H groups in total. The van der Waals surface area contributed by atoms with Crippen LogP contribution in [-0.4, -0.2) is 35.0 Å². The molecule has 0 aromatic heterocycles. The minimum absolute atomic E-state index is 0.0134. The lowest BCUT2D eigenvalue weighted by molar-refractivity contribution is -0.542. The van der Waals surface area contributed by atoms with Crippen molar-refractivity contribution in [1.82, 2.24) is 4.31 Å². The van der Waals surface area contributed by atoms with Crippen molar-refractivity contribution >= 4 is 10.0 Å². The minimum atomic E-state index is -4.25. The predicted octanol–water partition coefficient (Wildman–Crippen LogP) is 4.12. The van der Waals surface area contributed by atoms with Crippen LogP contribution >= 0.6 is 0 Å². The summed E-state index contributed by atoms with van der Waals surface area (Å²) in [7, 11) is -4.25. The van der Waals surface area contributed by atoms with Crippen molar-refractivity contribution in [1.29, 1.82) is 0 Å². The van der Waals surface area contributed by atoms with Crippen LogP contribution in [0.2, 0.25) is 0 Å². The lowest BCUT2D eigenvalue weighted by atomic mass is 9.73. The van der Waals surface area contributed by atoms with Gasteiger partial charge in [-0.3, -0.25) is 10.1 Å². The summed E-state index contributed by atoms with van der Waals surface area (Å²) < 4.78 is 28.5. The van der Waals surface area contributed by atoms with E-state index in [4.69, 9.17) is 0 Å². The Hall–Kier alpha value is -3.07. The number of rotatable bonds is 5. The lowest BCUT2D eigenvalue weighted by Gasteiger charge is -2.46. The van der Waals surface area contributed by atoms with Gasteiger partial charge in [0.15, 0.2) is 0 Å². The van der Waals surface area contributed by atoms with Crippen molar-refractivity contribution in [2.45, 2.75) is 43.0 Å². The Bertz CT molecular complexity index is 1220. The highest BCUT2D eigenvalue weighted by Crippen LogP contribution is 2.48. The zero-order chi connectivity index (χ0) is 23.8. The molecule has 1 aliphatic heterocycles. The highest BCUT2D eigenvalue weighted by Gasteiger charge is 2.58. The number of sulfonamides is 1. The first-order chi connectivity index (χ1) is 15.7. The zero-order valence-electron chi connectivity index (χ0n) is 18.4. The van der Waals surface area contributed by atoms with Crippen molar-refractivity contribution in [2.24, 2.45) is 5.92 Å². The lowest BCUT2D eigenvalue weighted by Crippen LogP contribution is -2.59. The first-order valence-electron chi connectivity index (χ1n) is 10.7. The molecule has 0 radical (unpaired) electrons. The number of hydrogen-bond acceptors (Lipinski definition) is 5. The Kier molecular flexibility index (Phi) is 6.34. The Morgan fingerprint density at radius 3 is 1.91 bits per heavy atom. The predicted molar refractivity (Wildman–Crippen MR) is 125 cm³/mol. The van der Waals surface area contributed by atoms with Crippen LogP contribution in [0.5, 0.6) is 0 Å². The van der Waals surface area contributed by atoms with E-state index in [1.54, 1.807) is 73.7 Å². The average molecular weight is 467 g/mol. The molecule has 1 saturated heterocycles. The largest absolute Gasteiger partial charge is 0.377 e. The van der Waals surface area contributed by atoms with Crippen LogP contribution in [0.3, 0.4) is 0 Å². The van der Waals surface area contributed by atoms with E-state index in [1.807, 2.05) is 13.0 Å². The molecule has 3 aromatic rings. The maximum absolute atomic E-state index is 13.8. The van der Waals surface area contributed by atoms with E-state index in [9.17, 15) is 23.6 Å². The first kappa shape index (κ1) is 23.1. The third-order valence-corrected chi connectivity index (χ3v) is 8.29. The Morgan fingerprint density at radius 1 is 0.879 bits per heavy atom. The summed E-state index contributed by atoms with van der Waals surface area (Å²) in [6.07, 6.45) is -1.46. The number of nitro groups is 1. The molecular formula is C25H26N2O5S. The number of aliphatic hydroxyl groups is 1.